The standard InChI is InChI=1S/C10H14FNO.ClH/c11-10-4-2-9(3-5-10)8-12-6-1-7-13;/h2-5,12-13H,1,6-8H2;1H. The monoisotopic (exact) mass is 219 g/mol. The van der Waals surface area contributed by atoms with Gasteiger partial charge in [-0.1, -0.05) is 12.1 Å². The van der Waals surface area contributed by atoms with E-state index in [0.717, 1.165) is 25.1 Å². The Kier molecular flexibility index (Phi) is 7.38. The Hall–Kier alpha value is -0.640. The van der Waals surface area contributed by atoms with Crippen LogP contribution in [0.1, 0.15) is 12.0 Å². The lowest BCUT2D eigenvalue weighted by Crippen LogP contribution is -2.15. The number of aliphatic hydroxyl groups excluding tert-OH is 1. The summed E-state index contributed by atoms with van der Waals surface area (Å²) in [5.74, 6) is -0.209. The summed E-state index contributed by atoms with van der Waals surface area (Å²) < 4.78 is 12.5. The maximum atomic E-state index is 12.5. The molecule has 0 aromatic heterocycles. The van der Waals surface area contributed by atoms with Gasteiger partial charge in [-0.25, -0.2) is 4.39 Å². The average molecular weight is 220 g/mol. The van der Waals surface area contributed by atoms with Gasteiger partial charge in [0.25, 0.3) is 0 Å². The molecular weight excluding hydrogens is 205 g/mol. The van der Waals surface area contributed by atoms with Gasteiger partial charge in [0.15, 0.2) is 0 Å². The third-order valence-corrected chi connectivity index (χ3v) is 1.75. The second-order valence-corrected chi connectivity index (χ2v) is 2.88. The molecule has 0 saturated heterocycles. The van der Waals surface area contributed by atoms with E-state index in [-0.39, 0.29) is 24.8 Å². The Morgan fingerprint density at radius 1 is 1.21 bits per heavy atom. The van der Waals surface area contributed by atoms with Crippen molar-refractivity contribution in [3.05, 3.63) is 35.6 Å². The van der Waals surface area contributed by atoms with Crippen molar-refractivity contribution in [2.45, 2.75) is 13.0 Å². The molecule has 4 heteroatoms. The zero-order valence-corrected chi connectivity index (χ0v) is 8.69. The van der Waals surface area contributed by atoms with Gasteiger partial charge in [0.2, 0.25) is 0 Å². The van der Waals surface area contributed by atoms with Crippen LogP contribution < -0.4 is 5.32 Å². The zero-order valence-electron chi connectivity index (χ0n) is 7.87. The van der Waals surface area contributed by atoms with Crippen LogP contribution in [0.25, 0.3) is 0 Å². The van der Waals surface area contributed by atoms with E-state index in [0.29, 0.717) is 0 Å². The Labute approximate surface area is 89.6 Å². The maximum Gasteiger partial charge on any atom is 0.123 e. The molecule has 2 N–H and O–H groups in total. The zero-order chi connectivity index (χ0) is 9.52. The molecule has 0 atom stereocenters. The smallest absolute Gasteiger partial charge is 0.123 e. The summed E-state index contributed by atoms with van der Waals surface area (Å²) in [7, 11) is 0. The highest BCUT2D eigenvalue weighted by Crippen LogP contribution is 2.01. The Morgan fingerprint density at radius 2 is 1.86 bits per heavy atom. The number of aliphatic hydroxyl groups is 1. The molecule has 0 bridgehead atoms. The second kappa shape index (κ2) is 7.74. The van der Waals surface area contributed by atoms with E-state index < -0.39 is 0 Å². The molecule has 0 unspecified atom stereocenters. The molecule has 0 spiro atoms. The van der Waals surface area contributed by atoms with E-state index in [2.05, 4.69) is 5.32 Å². The van der Waals surface area contributed by atoms with Gasteiger partial charge in [0.05, 0.1) is 0 Å². The molecule has 0 aliphatic heterocycles. The summed E-state index contributed by atoms with van der Waals surface area (Å²) in [6.45, 7) is 1.71. The van der Waals surface area contributed by atoms with Crippen molar-refractivity contribution < 1.29 is 9.50 Å². The van der Waals surface area contributed by atoms with Crippen LogP contribution in [0.2, 0.25) is 0 Å². The third kappa shape index (κ3) is 5.17. The van der Waals surface area contributed by atoms with Crippen LogP contribution >= 0.6 is 12.4 Å². The Balaban J connectivity index is 0.00000169. The van der Waals surface area contributed by atoms with Gasteiger partial charge in [0, 0.05) is 13.2 Å². The summed E-state index contributed by atoms with van der Waals surface area (Å²) in [5, 5.41) is 11.6. The van der Waals surface area contributed by atoms with E-state index in [1.54, 1.807) is 12.1 Å². The van der Waals surface area contributed by atoms with Crippen LogP contribution in [-0.4, -0.2) is 18.3 Å². The van der Waals surface area contributed by atoms with Crippen molar-refractivity contribution >= 4 is 12.4 Å². The minimum Gasteiger partial charge on any atom is -0.396 e. The van der Waals surface area contributed by atoms with Crippen molar-refractivity contribution in [2.75, 3.05) is 13.2 Å². The highest BCUT2D eigenvalue weighted by molar-refractivity contribution is 5.85. The van der Waals surface area contributed by atoms with Crippen molar-refractivity contribution in [3.8, 4) is 0 Å². The van der Waals surface area contributed by atoms with Gasteiger partial charge in [-0.2, -0.15) is 0 Å². The van der Waals surface area contributed by atoms with E-state index in [1.807, 2.05) is 0 Å². The van der Waals surface area contributed by atoms with Gasteiger partial charge >= 0.3 is 0 Å². The largest absolute Gasteiger partial charge is 0.396 e. The summed E-state index contributed by atoms with van der Waals surface area (Å²) in [6.07, 6.45) is 0.751. The van der Waals surface area contributed by atoms with Crippen molar-refractivity contribution in [3.63, 3.8) is 0 Å². The highest BCUT2D eigenvalue weighted by Gasteiger charge is 1.92. The fraction of sp³-hybridized carbons (Fsp3) is 0.400. The molecule has 0 saturated carbocycles. The van der Waals surface area contributed by atoms with Crippen molar-refractivity contribution in [1.82, 2.24) is 5.32 Å². The quantitative estimate of drug-likeness (QED) is 0.740. The third-order valence-electron chi connectivity index (χ3n) is 1.75. The normalized spacial score (nSPS) is 9.57. The Morgan fingerprint density at radius 3 is 2.43 bits per heavy atom. The lowest BCUT2D eigenvalue weighted by atomic mass is 10.2. The Bertz CT molecular complexity index is 240. The molecule has 0 amide bonds. The van der Waals surface area contributed by atoms with Crippen LogP contribution in [0.15, 0.2) is 24.3 Å². The maximum absolute atomic E-state index is 12.5. The molecule has 80 valence electrons. The number of halogens is 2. The van der Waals surface area contributed by atoms with Gasteiger partial charge in [0.1, 0.15) is 5.82 Å². The predicted molar refractivity (Wildman–Crippen MR) is 57.1 cm³/mol. The first-order chi connectivity index (χ1) is 6.33. The average Bonchev–Trinajstić information content (AvgIpc) is 2.15. The van der Waals surface area contributed by atoms with Gasteiger partial charge in [-0.3, -0.25) is 0 Å². The summed E-state index contributed by atoms with van der Waals surface area (Å²) in [6, 6.07) is 6.40. The topological polar surface area (TPSA) is 32.3 Å². The van der Waals surface area contributed by atoms with E-state index >= 15 is 0 Å². The van der Waals surface area contributed by atoms with Crippen LogP contribution in [0.3, 0.4) is 0 Å². The van der Waals surface area contributed by atoms with Gasteiger partial charge in [-0.15, -0.1) is 12.4 Å². The molecule has 0 aliphatic carbocycles. The molecule has 0 radical (unpaired) electrons. The number of benzene rings is 1. The van der Waals surface area contributed by atoms with Crippen molar-refractivity contribution in [1.29, 1.82) is 0 Å². The van der Waals surface area contributed by atoms with Crippen LogP contribution in [0, 0.1) is 5.82 Å². The first kappa shape index (κ1) is 13.4. The number of hydrogen-bond donors (Lipinski definition) is 2. The summed E-state index contributed by atoms with van der Waals surface area (Å²) in [4.78, 5) is 0. The molecule has 0 heterocycles. The second-order valence-electron chi connectivity index (χ2n) is 2.88. The molecule has 1 aromatic carbocycles. The number of rotatable bonds is 5. The fourth-order valence-electron chi connectivity index (χ4n) is 1.04. The van der Waals surface area contributed by atoms with E-state index in [1.165, 1.54) is 12.1 Å². The minimum absolute atomic E-state index is 0. The molecule has 1 aromatic rings. The summed E-state index contributed by atoms with van der Waals surface area (Å²) in [5.41, 5.74) is 1.05. The van der Waals surface area contributed by atoms with Gasteiger partial charge in [-0.05, 0) is 30.7 Å². The SMILES string of the molecule is Cl.OCCCNCc1ccc(F)cc1. The predicted octanol–water partition coefficient (Wildman–Crippen LogP) is 1.72. The van der Waals surface area contributed by atoms with Crippen LogP contribution in [0.4, 0.5) is 4.39 Å². The number of hydrogen-bond acceptors (Lipinski definition) is 2. The molecule has 0 aliphatic rings. The van der Waals surface area contributed by atoms with E-state index in [4.69, 9.17) is 5.11 Å². The first-order valence-electron chi connectivity index (χ1n) is 4.39. The van der Waals surface area contributed by atoms with Crippen LogP contribution in [-0.2, 0) is 6.54 Å². The number of nitrogens with one attached hydrogen (secondary N) is 1. The first-order valence-corrected chi connectivity index (χ1v) is 4.39. The molecule has 2 nitrogen and oxygen atoms in total. The van der Waals surface area contributed by atoms with Gasteiger partial charge < -0.3 is 10.4 Å². The molecule has 0 fully saturated rings. The molecule has 1 rings (SSSR count). The molecular formula is C10H15ClFNO. The van der Waals surface area contributed by atoms with Crippen molar-refractivity contribution in [2.24, 2.45) is 0 Å². The minimum atomic E-state index is -0.209. The lowest BCUT2D eigenvalue weighted by Gasteiger charge is -2.02. The highest BCUT2D eigenvalue weighted by atomic mass is 35.5. The molecule has 14 heavy (non-hydrogen) atoms. The van der Waals surface area contributed by atoms with E-state index in [9.17, 15) is 4.39 Å². The lowest BCUT2D eigenvalue weighted by molar-refractivity contribution is 0.286. The fourth-order valence-corrected chi connectivity index (χ4v) is 1.04. The van der Waals surface area contributed by atoms with Crippen LogP contribution in [0.5, 0.6) is 0 Å². The summed E-state index contributed by atoms with van der Waals surface area (Å²) >= 11 is 0.